The van der Waals surface area contributed by atoms with Gasteiger partial charge in [0.1, 0.15) is 0 Å². The monoisotopic (exact) mass is 306 g/mol. The third kappa shape index (κ3) is 2.53. The Kier molecular flexibility index (Phi) is 3.24. The second kappa shape index (κ2) is 4.84. The number of carbonyl (C=O) groups is 1. The topological polar surface area (TPSA) is 76.2 Å². The Bertz CT molecular complexity index is 696. The smallest absolute Gasteiger partial charge is 0.307 e. The highest BCUT2D eigenvalue weighted by molar-refractivity contribution is 6.30. The maximum atomic E-state index is 11.2. The molecule has 0 bridgehead atoms. The average Bonchev–Trinajstić information content (AvgIpc) is 2.75. The molecule has 0 aliphatic heterocycles. The van der Waals surface area contributed by atoms with Gasteiger partial charge in [0.25, 0.3) is 0 Å². The Morgan fingerprint density at radius 2 is 2.24 bits per heavy atom. The number of hydrogen-bond donors (Lipinski definition) is 1. The van der Waals surface area contributed by atoms with E-state index in [1.54, 1.807) is 6.07 Å². The molecule has 1 saturated carbocycles. The van der Waals surface area contributed by atoms with Crippen LogP contribution in [0.1, 0.15) is 37.0 Å². The molecular weight excluding hydrogens is 292 g/mol. The Balaban J connectivity index is 1.77. The fraction of sp³-hybridized carbons (Fsp3) is 0.400. The first kappa shape index (κ1) is 14.1. The fourth-order valence-electron chi connectivity index (χ4n) is 2.85. The quantitative estimate of drug-likeness (QED) is 0.939. The lowest BCUT2D eigenvalue weighted by molar-refractivity contribution is -0.139. The van der Waals surface area contributed by atoms with Gasteiger partial charge >= 0.3 is 5.97 Å². The fourth-order valence-corrected chi connectivity index (χ4v) is 3.07. The number of rotatable bonds is 4. The number of carboxylic acid groups (broad SMARTS) is 1. The normalized spacial score (nSPS) is 23.0. The van der Waals surface area contributed by atoms with Gasteiger partial charge in [-0.3, -0.25) is 4.79 Å². The standard InChI is InChI=1S/C15H15ClN2O3/c1-15(2)11(12(15)14(19)20)13-17-10(18-21-13)7-8-4-3-5-9(16)6-8/h3-6,11-12H,7H2,1-2H3,(H,19,20). The third-order valence-corrected chi connectivity index (χ3v) is 4.33. The molecule has 21 heavy (non-hydrogen) atoms. The lowest BCUT2D eigenvalue weighted by Gasteiger charge is -1.97. The van der Waals surface area contributed by atoms with E-state index in [-0.39, 0.29) is 11.3 Å². The number of aliphatic carboxylic acids is 1. The van der Waals surface area contributed by atoms with Crippen LogP contribution in [0.4, 0.5) is 0 Å². The van der Waals surface area contributed by atoms with Crippen molar-refractivity contribution >= 4 is 17.6 Å². The predicted octanol–water partition coefficient (Wildman–Crippen LogP) is 3.14. The molecule has 1 heterocycles. The van der Waals surface area contributed by atoms with Crippen molar-refractivity contribution < 1.29 is 14.4 Å². The van der Waals surface area contributed by atoms with Crippen LogP contribution in [0.5, 0.6) is 0 Å². The highest BCUT2D eigenvalue weighted by Crippen LogP contribution is 2.64. The van der Waals surface area contributed by atoms with E-state index < -0.39 is 11.9 Å². The first-order valence-electron chi connectivity index (χ1n) is 6.69. The lowest BCUT2D eigenvalue weighted by atomic mass is 10.1. The van der Waals surface area contributed by atoms with Crippen molar-refractivity contribution in [1.29, 1.82) is 0 Å². The summed E-state index contributed by atoms with van der Waals surface area (Å²) < 4.78 is 5.25. The molecule has 1 N–H and O–H groups in total. The zero-order valence-corrected chi connectivity index (χ0v) is 12.5. The van der Waals surface area contributed by atoms with Crippen LogP contribution >= 0.6 is 11.6 Å². The molecule has 0 spiro atoms. The molecule has 110 valence electrons. The van der Waals surface area contributed by atoms with Gasteiger partial charge in [-0.1, -0.05) is 42.7 Å². The summed E-state index contributed by atoms with van der Waals surface area (Å²) in [6.07, 6.45) is 0.509. The van der Waals surface area contributed by atoms with Crippen molar-refractivity contribution in [3.63, 3.8) is 0 Å². The van der Waals surface area contributed by atoms with E-state index in [1.807, 2.05) is 32.0 Å². The van der Waals surface area contributed by atoms with E-state index in [0.717, 1.165) is 5.56 Å². The van der Waals surface area contributed by atoms with Crippen LogP contribution < -0.4 is 0 Å². The molecule has 0 radical (unpaired) electrons. The minimum absolute atomic E-state index is 0.212. The summed E-state index contributed by atoms with van der Waals surface area (Å²) in [7, 11) is 0. The van der Waals surface area contributed by atoms with E-state index in [1.165, 1.54) is 0 Å². The van der Waals surface area contributed by atoms with Gasteiger partial charge in [-0.15, -0.1) is 0 Å². The van der Waals surface area contributed by atoms with Gasteiger partial charge in [0, 0.05) is 11.4 Å². The van der Waals surface area contributed by atoms with E-state index in [0.29, 0.717) is 23.2 Å². The van der Waals surface area contributed by atoms with Gasteiger partial charge in [-0.25, -0.2) is 0 Å². The second-order valence-electron chi connectivity index (χ2n) is 5.97. The van der Waals surface area contributed by atoms with Crippen LogP contribution in [-0.2, 0) is 11.2 Å². The molecule has 2 atom stereocenters. The molecule has 5 nitrogen and oxygen atoms in total. The van der Waals surface area contributed by atoms with Gasteiger partial charge in [0.2, 0.25) is 5.89 Å². The van der Waals surface area contributed by atoms with Crippen LogP contribution in [0, 0.1) is 11.3 Å². The first-order valence-corrected chi connectivity index (χ1v) is 7.07. The Hall–Kier alpha value is -1.88. The van der Waals surface area contributed by atoms with Crippen LogP contribution in [0.2, 0.25) is 5.02 Å². The molecular formula is C15H15ClN2O3. The van der Waals surface area contributed by atoms with Crippen LogP contribution in [0.15, 0.2) is 28.8 Å². The van der Waals surface area contributed by atoms with Gasteiger partial charge in [-0.2, -0.15) is 4.98 Å². The second-order valence-corrected chi connectivity index (χ2v) is 6.41. The largest absolute Gasteiger partial charge is 0.481 e. The van der Waals surface area contributed by atoms with Gasteiger partial charge < -0.3 is 9.63 Å². The van der Waals surface area contributed by atoms with Crippen LogP contribution in [0.25, 0.3) is 0 Å². The van der Waals surface area contributed by atoms with Crippen LogP contribution in [0.3, 0.4) is 0 Å². The zero-order valence-electron chi connectivity index (χ0n) is 11.7. The molecule has 3 rings (SSSR count). The Morgan fingerprint density at radius 1 is 1.48 bits per heavy atom. The number of hydrogen-bond acceptors (Lipinski definition) is 4. The molecule has 1 aliphatic carbocycles. The maximum Gasteiger partial charge on any atom is 0.307 e. The van der Waals surface area contributed by atoms with Crippen molar-refractivity contribution in [3.8, 4) is 0 Å². The van der Waals surface area contributed by atoms with Crippen molar-refractivity contribution in [2.24, 2.45) is 11.3 Å². The van der Waals surface area contributed by atoms with Crippen molar-refractivity contribution in [3.05, 3.63) is 46.6 Å². The lowest BCUT2D eigenvalue weighted by Crippen LogP contribution is -2.03. The SMILES string of the molecule is CC1(C)C(C(=O)O)C1c1nc(Cc2cccc(Cl)c2)no1. The molecule has 2 aromatic rings. The number of aromatic nitrogens is 2. The summed E-state index contributed by atoms with van der Waals surface area (Å²) >= 11 is 5.94. The highest BCUT2D eigenvalue weighted by atomic mass is 35.5. The summed E-state index contributed by atoms with van der Waals surface area (Å²) in [6.45, 7) is 3.80. The number of benzene rings is 1. The molecule has 1 aliphatic rings. The Morgan fingerprint density at radius 3 is 2.86 bits per heavy atom. The summed E-state index contributed by atoms with van der Waals surface area (Å²) in [5.41, 5.74) is 0.644. The predicted molar refractivity (Wildman–Crippen MR) is 76.2 cm³/mol. The molecule has 1 aromatic heterocycles. The van der Waals surface area contributed by atoms with Crippen LogP contribution in [-0.4, -0.2) is 21.2 Å². The number of halogens is 1. The number of carboxylic acids is 1. The Labute approximate surface area is 126 Å². The van der Waals surface area contributed by atoms with E-state index in [4.69, 9.17) is 16.1 Å². The van der Waals surface area contributed by atoms with Crippen molar-refractivity contribution in [1.82, 2.24) is 10.1 Å². The van der Waals surface area contributed by atoms with Gasteiger partial charge in [-0.05, 0) is 23.1 Å². The molecule has 1 fully saturated rings. The molecule has 6 heteroatoms. The van der Waals surface area contributed by atoms with Gasteiger partial charge in [0.15, 0.2) is 5.82 Å². The molecule has 0 saturated heterocycles. The van der Waals surface area contributed by atoms with E-state index in [9.17, 15) is 9.90 Å². The van der Waals surface area contributed by atoms with E-state index in [2.05, 4.69) is 10.1 Å². The summed E-state index contributed by atoms with van der Waals surface area (Å²) in [4.78, 5) is 15.5. The van der Waals surface area contributed by atoms with Gasteiger partial charge in [0.05, 0.1) is 11.8 Å². The summed E-state index contributed by atoms with van der Waals surface area (Å²) in [5, 5.41) is 13.8. The highest BCUT2D eigenvalue weighted by Gasteiger charge is 2.65. The summed E-state index contributed by atoms with van der Waals surface area (Å²) in [5.74, 6) is -0.546. The molecule has 0 amide bonds. The zero-order chi connectivity index (χ0) is 15.2. The third-order valence-electron chi connectivity index (χ3n) is 4.09. The average molecular weight is 307 g/mol. The molecule has 2 unspecified atom stereocenters. The maximum absolute atomic E-state index is 11.2. The first-order chi connectivity index (χ1) is 9.89. The molecule has 1 aromatic carbocycles. The summed E-state index contributed by atoms with van der Waals surface area (Å²) in [6, 6.07) is 7.45. The number of nitrogens with zero attached hydrogens (tertiary/aromatic N) is 2. The minimum atomic E-state index is -0.820. The minimum Gasteiger partial charge on any atom is -0.481 e. The van der Waals surface area contributed by atoms with Crippen molar-refractivity contribution in [2.45, 2.75) is 26.2 Å². The van der Waals surface area contributed by atoms with E-state index >= 15 is 0 Å². The van der Waals surface area contributed by atoms with Crippen molar-refractivity contribution in [2.75, 3.05) is 0 Å².